The number of nitrogens with one attached hydrogen (secondary N) is 1. The first kappa shape index (κ1) is 18.4. The summed E-state index contributed by atoms with van der Waals surface area (Å²) in [5, 5.41) is 13.8. The van der Waals surface area contributed by atoms with E-state index in [1.54, 1.807) is 24.6 Å². The van der Waals surface area contributed by atoms with Gasteiger partial charge in [-0.1, -0.05) is 6.07 Å². The zero-order valence-corrected chi connectivity index (χ0v) is 16.9. The van der Waals surface area contributed by atoms with E-state index in [1.165, 1.54) is 0 Å². The van der Waals surface area contributed by atoms with Gasteiger partial charge in [0.15, 0.2) is 5.11 Å². The van der Waals surface area contributed by atoms with Crippen LogP contribution in [0.5, 0.6) is 5.75 Å². The van der Waals surface area contributed by atoms with Crippen LogP contribution in [-0.4, -0.2) is 24.7 Å². The van der Waals surface area contributed by atoms with Gasteiger partial charge in [-0.3, -0.25) is 4.98 Å². The predicted molar refractivity (Wildman–Crippen MR) is 117 cm³/mol. The number of thiocarbonyl (C=S) groups is 1. The molecular formula is C23H20N4O2S. The lowest BCUT2D eigenvalue weighted by Gasteiger charge is -2.28. The van der Waals surface area contributed by atoms with Crippen molar-refractivity contribution in [2.45, 2.75) is 18.6 Å². The molecule has 0 bridgehead atoms. The fraction of sp³-hybridized carbons (Fsp3) is 0.130. The third-order valence-corrected chi connectivity index (χ3v) is 5.67. The summed E-state index contributed by atoms with van der Waals surface area (Å²) < 4.78 is 7.72. The van der Waals surface area contributed by atoms with Crippen molar-refractivity contribution in [2.24, 2.45) is 0 Å². The van der Waals surface area contributed by atoms with Gasteiger partial charge < -0.3 is 24.3 Å². The van der Waals surface area contributed by atoms with Gasteiger partial charge in [0.05, 0.1) is 30.6 Å². The maximum atomic E-state index is 9.68. The van der Waals surface area contributed by atoms with Gasteiger partial charge in [-0.2, -0.15) is 0 Å². The minimum atomic E-state index is -0.112. The monoisotopic (exact) mass is 416 g/mol. The molecule has 1 aliphatic rings. The number of hydrogen-bond donors (Lipinski definition) is 2. The molecule has 2 atom stereocenters. The highest BCUT2D eigenvalue weighted by atomic mass is 32.1. The van der Waals surface area contributed by atoms with Gasteiger partial charge in [-0.05, 0) is 72.9 Å². The zero-order chi connectivity index (χ0) is 20.5. The summed E-state index contributed by atoms with van der Waals surface area (Å²) in [4.78, 5) is 6.72. The number of benzene rings is 1. The number of pyridine rings is 1. The fourth-order valence-corrected chi connectivity index (χ4v) is 4.26. The quantitative estimate of drug-likeness (QED) is 0.472. The van der Waals surface area contributed by atoms with Crippen LogP contribution in [0.25, 0.3) is 5.69 Å². The lowest BCUT2D eigenvalue weighted by Crippen LogP contribution is -2.29. The number of phenolic OH excluding ortho intramolecular Hbond substituents is 1. The average molecular weight is 417 g/mol. The number of aromatic hydroxyl groups is 1. The third-order valence-electron chi connectivity index (χ3n) is 5.32. The van der Waals surface area contributed by atoms with Gasteiger partial charge in [0.1, 0.15) is 11.5 Å². The second-order valence-corrected chi connectivity index (χ2v) is 7.54. The van der Waals surface area contributed by atoms with Crippen LogP contribution >= 0.6 is 12.2 Å². The fourth-order valence-electron chi connectivity index (χ4n) is 3.95. The molecule has 150 valence electrons. The van der Waals surface area contributed by atoms with Gasteiger partial charge in [0.25, 0.3) is 0 Å². The predicted octanol–water partition coefficient (Wildman–Crippen LogP) is 4.34. The molecule has 4 aromatic rings. The molecule has 0 spiro atoms. The molecule has 0 radical (unpaired) electrons. The van der Waals surface area contributed by atoms with E-state index in [0.717, 1.165) is 22.8 Å². The van der Waals surface area contributed by atoms with Gasteiger partial charge in [-0.25, -0.2) is 0 Å². The molecule has 3 aromatic heterocycles. The summed E-state index contributed by atoms with van der Waals surface area (Å²) in [7, 11) is 0. The Balaban J connectivity index is 1.60. The smallest absolute Gasteiger partial charge is 0.170 e. The molecule has 0 aliphatic carbocycles. The van der Waals surface area contributed by atoms with Crippen LogP contribution in [0.15, 0.2) is 89.8 Å². The molecule has 1 aliphatic heterocycles. The molecule has 7 heteroatoms. The zero-order valence-electron chi connectivity index (χ0n) is 16.1. The third kappa shape index (κ3) is 3.33. The Bertz CT molecular complexity index is 1140. The first-order valence-electron chi connectivity index (χ1n) is 9.68. The van der Waals surface area contributed by atoms with Crippen LogP contribution in [0, 0.1) is 0 Å². The Morgan fingerprint density at radius 1 is 1.03 bits per heavy atom. The molecule has 0 amide bonds. The van der Waals surface area contributed by atoms with Crippen molar-refractivity contribution < 1.29 is 9.52 Å². The lowest BCUT2D eigenvalue weighted by molar-refractivity contribution is 0.280. The largest absolute Gasteiger partial charge is 0.508 e. The maximum absolute atomic E-state index is 9.68. The molecule has 6 nitrogen and oxygen atoms in total. The van der Waals surface area contributed by atoms with E-state index >= 15 is 0 Å². The Morgan fingerprint density at radius 3 is 2.63 bits per heavy atom. The van der Waals surface area contributed by atoms with E-state index in [9.17, 15) is 5.11 Å². The van der Waals surface area contributed by atoms with Crippen molar-refractivity contribution in [2.75, 3.05) is 0 Å². The maximum Gasteiger partial charge on any atom is 0.170 e. The molecule has 4 heterocycles. The summed E-state index contributed by atoms with van der Waals surface area (Å²) in [5.41, 5.74) is 2.95. The minimum Gasteiger partial charge on any atom is -0.508 e. The highest BCUT2D eigenvalue weighted by Crippen LogP contribution is 2.40. The summed E-state index contributed by atoms with van der Waals surface area (Å²) >= 11 is 5.72. The van der Waals surface area contributed by atoms with Gasteiger partial charge in [-0.15, -0.1) is 0 Å². The summed E-state index contributed by atoms with van der Waals surface area (Å²) in [6, 6.07) is 20.8. The van der Waals surface area contributed by atoms with E-state index in [0.29, 0.717) is 11.7 Å². The first-order valence-corrected chi connectivity index (χ1v) is 10.1. The van der Waals surface area contributed by atoms with Gasteiger partial charge in [0.2, 0.25) is 0 Å². The van der Waals surface area contributed by atoms with E-state index < -0.39 is 0 Å². The van der Waals surface area contributed by atoms with E-state index in [2.05, 4.69) is 25.8 Å². The van der Waals surface area contributed by atoms with E-state index in [1.807, 2.05) is 54.7 Å². The van der Waals surface area contributed by atoms with Crippen LogP contribution in [0.3, 0.4) is 0 Å². The Kier molecular flexibility index (Phi) is 4.72. The van der Waals surface area contributed by atoms with Crippen LogP contribution in [0.4, 0.5) is 0 Å². The van der Waals surface area contributed by atoms with Gasteiger partial charge in [0, 0.05) is 23.8 Å². The normalized spacial score (nSPS) is 18.5. The van der Waals surface area contributed by atoms with Crippen LogP contribution in [0.2, 0.25) is 0 Å². The second kappa shape index (κ2) is 7.68. The summed E-state index contributed by atoms with van der Waals surface area (Å²) in [5.74, 6) is 1.08. The van der Waals surface area contributed by atoms with Crippen molar-refractivity contribution in [3.05, 3.63) is 103 Å². The molecule has 5 rings (SSSR count). The van der Waals surface area contributed by atoms with Crippen molar-refractivity contribution >= 4 is 17.3 Å². The number of nitrogens with zero attached hydrogens (tertiary/aromatic N) is 3. The molecule has 1 saturated heterocycles. The number of furan rings is 1. The van der Waals surface area contributed by atoms with E-state index in [4.69, 9.17) is 16.6 Å². The molecule has 0 saturated carbocycles. The standard InChI is InChI=1S/C23H20N4O2S/c28-17-10-8-16(9-11-17)26-13-3-7-20(26)22-21(19-6-1-2-12-24-19)25-23(30)27(22)15-18-5-4-14-29-18/h1-14,21-22,28H,15H2,(H,25,30)/t21-,22-/m1/s1. The highest BCUT2D eigenvalue weighted by molar-refractivity contribution is 7.80. The van der Waals surface area contributed by atoms with Crippen LogP contribution < -0.4 is 5.32 Å². The van der Waals surface area contributed by atoms with E-state index in [-0.39, 0.29) is 17.8 Å². The summed E-state index contributed by atoms with van der Waals surface area (Å²) in [6.45, 7) is 0.549. The Labute approximate surface area is 179 Å². The topological polar surface area (TPSA) is 66.5 Å². The number of rotatable bonds is 5. The summed E-state index contributed by atoms with van der Waals surface area (Å²) in [6.07, 6.45) is 5.49. The lowest BCUT2D eigenvalue weighted by atomic mass is 10.0. The molecule has 1 aromatic carbocycles. The molecule has 30 heavy (non-hydrogen) atoms. The Morgan fingerprint density at radius 2 is 1.90 bits per heavy atom. The van der Waals surface area contributed by atoms with Crippen molar-refractivity contribution in [1.29, 1.82) is 0 Å². The Hall–Kier alpha value is -3.58. The SMILES string of the molecule is Oc1ccc(-n2cccc2[C@@H]2[C@@H](c3ccccn3)NC(=S)N2Cc2ccco2)cc1. The molecule has 2 N–H and O–H groups in total. The highest BCUT2D eigenvalue weighted by Gasteiger charge is 2.41. The van der Waals surface area contributed by atoms with Crippen molar-refractivity contribution in [3.63, 3.8) is 0 Å². The molecule has 0 unspecified atom stereocenters. The number of hydrogen-bond acceptors (Lipinski definition) is 4. The first-order chi connectivity index (χ1) is 14.7. The second-order valence-electron chi connectivity index (χ2n) is 7.15. The van der Waals surface area contributed by atoms with Crippen molar-refractivity contribution in [1.82, 2.24) is 19.8 Å². The molecule has 1 fully saturated rings. The van der Waals surface area contributed by atoms with Crippen LogP contribution in [-0.2, 0) is 6.54 Å². The molecular weight excluding hydrogens is 396 g/mol. The average Bonchev–Trinajstić information content (AvgIpc) is 3.51. The van der Waals surface area contributed by atoms with Crippen LogP contribution in [0.1, 0.15) is 29.2 Å². The number of aromatic nitrogens is 2. The van der Waals surface area contributed by atoms with Crippen molar-refractivity contribution in [3.8, 4) is 11.4 Å². The van der Waals surface area contributed by atoms with Gasteiger partial charge >= 0.3 is 0 Å². The minimum absolute atomic E-state index is 0.0960. The number of phenols is 1.